The molecule has 0 spiro atoms. The quantitative estimate of drug-likeness (QED) is 0.562. The van der Waals surface area contributed by atoms with Crippen LogP contribution in [0.1, 0.15) is 58.6 Å². The number of carbonyl (C=O) groups is 3. The molecule has 8 heteroatoms. The van der Waals surface area contributed by atoms with Crippen molar-refractivity contribution in [3.05, 3.63) is 30.1 Å². The van der Waals surface area contributed by atoms with E-state index in [1.807, 2.05) is 0 Å². The van der Waals surface area contributed by atoms with Gasteiger partial charge in [0.1, 0.15) is 24.4 Å². The Morgan fingerprint density at radius 2 is 1.93 bits per heavy atom. The molecule has 0 radical (unpaired) electrons. The van der Waals surface area contributed by atoms with E-state index in [0.717, 1.165) is 25.7 Å². The number of esters is 2. The zero-order valence-electron chi connectivity index (χ0n) is 16.6. The summed E-state index contributed by atoms with van der Waals surface area (Å²) in [4.78, 5) is 40.8. The Bertz CT molecular complexity index is 665. The molecule has 0 unspecified atom stereocenters. The van der Waals surface area contributed by atoms with Crippen LogP contribution in [0.3, 0.4) is 0 Å². The van der Waals surface area contributed by atoms with Crippen LogP contribution in [0.5, 0.6) is 0 Å². The van der Waals surface area contributed by atoms with Gasteiger partial charge in [-0.15, -0.1) is 0 Å². The Morgan fingerprint density at radius 3 is 2.54 bits per heavy atom. The maximum absolute atomic E-state index is 12.5. The largest absolute Gasteiger partial charge is 0.462 e. The molecule has 28 heavy (non-hydrogen) atoms. The number of nitrogens with zero attached hydrogens (tertiary/aromatic N) is 1. The van der Waals surface area contributed by atoms with Gasteiger partial charge in [0, 0.05) is 6.20 Å². The molecule has 1 amide bonds. The van der Waals surface area contributed by atoms with Gasteiger partial charge < -0.3 is 19.5 Å². The highest BCUT2D eigenvalue weighted by atomic mass is 16.6. The molecule has 1 heterocycles. The van der Waals surface area contributed by atoms with Gasteiger partial charge in [-0.2, -0.15) is 0 Å². The molecule has 0 bridgehead atoms. The lowest BCUT2D eigenvalue weighted by atomic mass is 10.2. The highest BCUT2D eigenvalue weighted by molar-refractivity contribution is 5.86. The van der Waals surface area contributed by atoms with Crippen LogP contribution < -0.4 is 5.32 Å². The summed E-state index contributed by atoms with van der Waals surface area (Å²) in [5, 5.41) is 2.41. The minimum atomic E-state index is -1.20. The molecule has 1 N–H and O–H groups in total. The van der Waals surface area contributed by atoms with Gasteiger partial charge >= 0.3 is 18.0 Å². The van der Waals surface area contributed by atoms with Crippen molar-refractivity contribution in [1.29, 1.82) is 0 Å². The summed E-state index contributed by atoms with van der Waals surface area (Å²) in [5.74, 6) is -1.30. The van der Waals surface area contributed by atoms with Crippen LogP contribution in [-0.4, -0.2) is 40.8 Å². The van der Waals surface area contributed by atoms with Crippen molar-refractivity contribution >= 4 is 18.0 Å². The number of aromatic nitrogens is 1. The van der Waals surface area contributed by atoms with Crippen molar-refractivity contribution in [2.24, 2.45) is 0 Å². The van der Waals surface area contributed by atoms with Crippen LogP contribution in [-0.2, 0) is 30.4 Å². The SMILES string of the molecule is CC(C)(C)OC(=O)N[C@@H](CC(=O)OC1CCCC1)C(=O)OCc1ccccn1. The summed E-state index contributed by atoms with van der Waals surface area (Å²) >= 11 is 0. The summed E-state index contributed by atoms with van der Waals surface area (Å²) in [6, 6.07) is 4.02. The highest BCUT2D eigenvalue weighted by Gasteiger charge is 2.30. The first-order valence-electron chi connectivity index (χ1n) is 9.48. The van der Waals surface area contributed by atoms with Crippen LogP contribution in [0.25, 0.3) is 0 Å². The molecule has 1 saturated carbocycles. The predicted octanol–water partition coefficient (Wildman–Crippen LogP) is 2.89. The van der Waals surface area contributed by atoms with Gasteiger partial charge in [-0.25, -0.2) is 9.59 Å². The van der Waals surface area contributed by atoms with Gasteiger partial charge in [-0.1, -0.05) is 6.07 Å². The van der Waals surface area contributed by atoms with Crippen LogP contribution >= 0.6 is 0 Å². The molecule has 2 rings (SSSR count). The minimum Gasteiger partial charge on any atom is -0.462 e. The van der Waals surface area contributed by atoms with Crippen molar-refractivity contribution in [1.82, 2.24) is 10.3 Å². The average Bonchev–Trinajstić information content (AvgIpc) is 3.11. The summed E-state index contributed by atoms with van der Waals surface area (Å²) in [5.41, 5.74) is -0.183. The third-order valence-corrected chi connectivity index (χ3v) is 4.04. The molecule has 8 nitrogen and oxygen atoms in total. The van der Waals surface area contributed by atoms with Gasteiger partial charge in [0.05, 0.1) is 12.1 Å². The van der Waals surface area contributed by atoms with E-state index < -0.39 is 29.7 Å². The predicted molar refractivity (Wildman–Crippen MR) is 100 cm³/mol. The number of hydrogen-bond acceptors (Lipinski definition) is 7. The summed E-state index contributed by atoms with van der Waals surface area (Å²) < 4.78 is 15.8. The zero-order valence-corrected chi connectivity index (χ0v) is 16.6. The molecule has 0 aliphatic heterocycles. The second-order valence-corrected chi connectivity index (χ2v) is 7.73. The summed E-state index contributed by atoms with van der Waals surface area (Å²) in [7, 11) is 0. The first kappa shape index (κ1) is 21.7. The summed E-state index contributed by atoms with van der Waals surface area (Å²) in [6.07, 6.45) is 4.00. The fraction of sp³-hybridized carbons (Fsp3) is 0.600. The Morgan fingerprint density at radius 1 is 1.21 bits per heavy atom. The lowest BCUT2D eigenvalue weighted by molar-refractivity contribution is -0.156. The third-order valence-electron chi connectivity index (χ3n) is 4.04. The first-order chi connectivity index (χ1) is 13.2. The molecule has 154 valence electrons. The highest BCUT2D eigenvalue weighted by Crippen LogP contribution is 2.21. The summed E-state index contributed by atoms with van der Waals surface area (Å²) in [6.45, 7) is 5.05. The molecule has 0 aromatic carbocycles. The van der Waals surface area contributed by atoms with Crippen molar-refractivity contribution in [3.63, 3.8) is 0 Å². The number of alkyl carbamates (subject to hydrolysis) is 1. The Hall–Kier alpha value is -2.64. The van der Waals surface area contributed by atoms with Crippen LogP contribution in [0.4, 0.5) is 4.79 Å². The molecular formula is C20H28N2O6. The van der Waals surface area contributed by atoms with Crippen molar-refractivity contribution in [2.45, 2.75) is 77.2 Å². The van der Waals surface area contributed by atoms with E-state index in [-0.39, 0.29) is 19.1 Å². The molecule has 1 aromatic rings. The Kier molecular flexibility index (Phi) is 7.78. The molecule has 1 aliphatic rings. The fourth-order valence-corrected chi connectivity index (χ4v) is 2.78. The monoisotopic (exact) mass is 392 g/mol. The lowest BCUT2D eigenvalue weighted by Crippen LogP contribution is -2.45. The fourth-order valence-electron chi connectivity index (χ4n) is 2.78. The van der Waals surface area contributed by atoms with Crippen LogP contribution in [0.15, 0.2) is 24.4 Å². The molecule has 1 aromatic heterocycles. The Balaban J connectivity index is 1.95. The van der Waals surface area contributed by atoms with Gasteiger partial charge in [0.2, 0.25) is 0 Å². The number of hydrogen-bond donors (Lipinski definition) is 1. The maximum Gasteiger partial charge on any atom is 0.408 e. The molecule has 0 saturated heterocycles. The van der Waals surface area contributed by atoms with E-state index in [1.54, 1.807) is 45.2 Å². The second-order valence-electron chi connectivity index (χ2n) is 7.73. The Labute approximate surface area is 164 Å². The number of pyridine rings is 1. The lowest BCUT2D eigenvalue weighted by Gasteiger charge is -2.23. The van der Waals surface area contributed by atoms with Gasteiger partial charge in [-0.3, -0.25) is 9.78 Å². The maximum atomic E-state index is 12.5. The van der Waals surface area contributed by atoms with E-state index in [0.29, 0.717) is 5.69 Å². The van der Waals surface area contributed by atoms with Crippen LogP contribution in [0, 0.1) is 0 Å². The van der Waals surface area contributed by atoms with Gasteiger partial charge in [0.15, 0.2) is 0 Å². The topological polar surface area (TPSA) is 104 Å². The van der Waals surface area contributed by atoms with Crippen LogP contribution in [0.2, 0.25) is 0 Å². The normalized spacial score (nSPS) is 15.5. The zero-order chi connectivity index (χ0) is 20.6. The number of rotatable bonds is 7. The molecular weight excluding hydrogens is 364 g/mol. The van der Waals surface area contributed by atoms with E-state index in [9.17, 15) is 14.4 Å². The van der Waals surface area contributed by atoms with Gasteiger partial charge in [0.25, 0.3) is 0 Å². The molecule has 1 fully saturated rings. The smallest absolute Gasteiger partial charge is 0.408 e. The van der Waals surface area contributed by atoms with E-state index in [4.69, 9.17) is 14.2 Å². The second kappa shape index (κ2) is 10.1. The van der Waals surface area contributed by atoms with Gasteiger partial charge in [-0.05, 0) is 58.6 Å². The average molecular weight is 392 g/mol. The van der Waals surface area contributed by atoms with Crippen molar-refractivity contribution in [3.8, 4) is 0 Å². The number of amides is 1. The van der Waals surface area contributed by atoms with E-state index in [1.165, 1.54) is 0 Å². The number of ether oxygens (including phenoxy) is 3. The standard InChI is InChI=1S/C20H28N2O6/c1-20(2,3)28-19(25)22-16(12-17(23)27-15-9-4-5-10-15)18(24)26-13-14-8-6-7-11-21-14/h6-8,11,15-16H,4-5,9-10,12-13H2,1-3H3,(H,22,25)/t16-/m0/s1. The minimum absolute atomic E-state index is 0.0656. The van der Waals surface area contributed by atoms with E-state index >= 15 is 0 Å². The van der Waals surface area contributed by atoms with Crippen molar-refractivity contribution < 1.29 is 28.6 Å². The first-order valence-corrected chi connectivity index (χ1v) is 9.48. The van der Waals surface area contributed by atoms with E-state index in [2.05, 4.69) is 10.3 Å². The third kappa shape index (κ3) is 7.94. The van der Waals surface area contributed by atoms with Crippen molar-refractivity contribution in [2.75, 3.05) is 0 Å². The number of nitrogens with one attached hydrogen (secondary N) is 1. The number of carbonyl (C=O) groups excluding carboxylic acids is 3. The molecule has 1 aliphatic carbocycles. The molecule has 1 atom stereocenters.